The van der Waals surface area contributed by atoms with Crippen molar-refractivity contribution in [3.05, 3.63) is 60.3 Å². The Labute approximate surface area is 116 Å². The maximum absolute atomic E-state index is 11.6. The van der Waals surface area contributed by atoms with Gasteiger partial charge in [-0.2, -0.15) is 0 Å². The number of ketones is 1. The van der Waals surface area contributed by atoms with Crippen LogP contribution in [0.1, 0.15) is 17.3 Å². The lowest BCUT2D eigenvalue weighted by atomic mass is 10.1. The number of para-hydroxylation sites is 2. The van der Waals surface area contributed by atoms with Crippen molar-refractivity contribution in [3.8, 4) is 11.6 Å². The van der Waals surface area contributed by atoms with Crippen LogP contribution >= 0.6 is 0 Å². The highest BCUT2D eigenvalue weighted by molar-refractivity contribution is 6.04. The van der Waals surface area contributed by atoms with Gasteiger partial charge in [-0.3, -0.25) is 4.79 Å². The van der Waals surface area contributed by atoms with Crippen LogP contribution in [0.25, 0.3) is 11.0 Å². The number of nitrogens with zero attached hydrogens (tertiary/aromatic N) is 2. The van der Waals surface area contributed by atoms with Gasteiger partial charge in [0.15, 0.2) is 5.78 Å². The molecule has 0 N–H and O–H groups in total. The summed E-state index contributed by atoms with van der Waals surface area (Å²) in [5.41, 5.74) is 1.79. The number of rotatable bonds is 3. The van der Waals surface area contributed by atoms with Gasteiger partial charge in [-0.05, 0) is 31.2 Å². The van der Waals surface area contributed by atoms with Gasteiger partial charge < -0.3 is 4.74 Å². The SMILES string of the molecule is CC(=O)c1cccc2ncc(Oc3ccccc3)nc12. The Morgan fingerprint density at radius 3 is 2.60 bits per heavy atom. The molecule has 0 atom stereocenters. The van der Waals surface area contributed by atoms with Crippen molar-refractivity contribution in [1.82, 2.24) is 9.97 Å². The van der Waals surface area contributed by atoms with Crippen molar-refractivity contribution >= 4 is 16.8 Å². The number of carbonyl (C=O) groups is 1. The van der Waals surface area contributed by atoms with E-state index in [1.807, 2.05) is 36.4 Å². The molecule has 2 aromatic carbocycles. The molecule has 0 radical (unpaired) electrons. The predicted molar refractivity (Wildman–Crippen MR) is 76.1 cm³/mol. The van der Waals surface area contributed by atoms with Crippen LogP contribution in [0.2, 0.25) is 0 Å². The number of Topliss-reactive ketones (excluding diaryl/α,β-unsaturated/α-hetero) is 1. The van der Waals surface area contributed by atoms with Crippen LogP contribution in [-0.4, -0.2) is 15.8 Å². The lowest BCUT2D eigenvalue weighted by Crippen LogP contribution is -1.98. The predicted octanol–water partition coefficient (Wildman–Crippen LogP) is 3.62. The summed E-state index contributed by atoms with van der Waals surface area (Å²) in [5.74, 6) is 1.01. The second-order valence-corrected chi connectivity index (χ2v) is 4.35. The van der Waals surface area contributed by atoms with E-state index in [4.69, 9.17) is 4.74 Å². The van der Waals surface area contributed by atoms with E-state index in [9.17, 15) is 4.79 Å². The van der Waals surface area contributed by atoms with E-state index in [2.05, 4.69) is 9.97 Å². The molecule has 0 amide bonds. The summed E-state index contributed by atoms with van der Waals surface area (Å²) in [6.07, 6.45) is 1.55. The van der Waals surface area contributed by atoms with E-state index in [-0.39, 0.29) is 5.78 Å². The number of carbonyl (C=O) groups excluding carboxylic acids is 1. The Bertz CT molecular complexity index is 770. The third kappa shape index (κ3) is 2.36. The van der Waals surface area contributed by atoms with Crippen LogP contribution in [0.3, 0.4) is 0 Å². The van der Waals surface area contributed by atoms with E-state index >= 15 is 0 Å². The van der Waals surface area contributed by atoms with E-state index < -0.39 is 0 Å². The number of fused-ring (bicyclic) bond motifs is 1. The van der Waals surface area contributed by atoms with Crippen molar-refractivity contribution in [3.63, 3.8) is 0 Å². The minimum atomic E-state index is -0.0400. The molecule has 1 heterocycles. The summed E-state index contributed by atoms with van der Waals surface area (Å²) in [6.45, 7) is 1.52. The Kier molecular flexibility index (Phi) is 3.13. The number of benzene rings is 2. The number of hydrogen-bond acceptors (Lipinski definition) is 4. The smallest absolute Gasteiger partial charge is 0.238 e. The molecule has 20 heavy (non-hydrogen) atoms. The van der Waals surface area contributed by atoms with Gasteiger partial charge in [0, 0.05) is 5.56 Å². The van der Waals surface area contributed by atoms with E-state index in [0.29, 0.717) is 28.2 Å². The topological polar surface area (TPSA) is 52.1 Å². The van der Waals surface area contributed by atoms with Crippen LogP contribution in [-0.2, 0) is 0 Å². The molecule has 3 rings (SSSR count). The van der Waals surface area contributed by atoms with E-state index in [0.717, 1.165) is 0 Å². The summed E-state index contributed by atoms with van der Waals surface area (Å²) in [6, 6.07) is 14.7. The van der Waals surface area contributed by atoms with E-state index in [1.54, 1.807) is 18.3 Å². The standard InChI is InChI=1S/C16H12N2O2/c1-11(19)13-8-5-9-14-16(13)18-15(10-17-14)20-12-6-3-2-4-7-12/h2-10H,1H3. The van der Waals surface area contributed by atoms with Crippen molar-refractivity contribution in [2.75, 3.05) is 0 Å². The zero-order valence-corrected chi connectivity index (χ0v) is 10.9. The molecule has 0 unspecified atom stereocenters. The fourth-order valence-electron chi connectivity index (χ4n) is 1.96. The van der Waals surface area contributed by atoms with Gasteiger partial charge >= 0.3 is 0 Å². The molecule has 1 aromatic heterocycles. The molecule has 0 spiro atoms. The van der Waals surface area contributed by atoms with Crippen LogP contribution in [0.5, 0.6) is 11.6 Å². The Balaban J connectivity index is 2.06. The molecule has 0 bridgehead atoms. The van der Waals surface area contributed by atoms with Gasteiger partial charge in [0.05, 0.1) is 11.7 Å². The summed E-state index contributed by atoms with van der Waals surface area (Å²) in [5, 5.41) is 0. The van der Waals surface area contributed by atoms with Crippen LogP contribution in [0.4, 0.5) is 0 Å². The second-order valence-electron chi connectivity index (χ2n) is 4.35. The number of ether oxygens (including phenoxy) is 1. The molecule has 4 nitrogen and oxygen atoms in total. The molecular formula is C16H12N2O2. The molecule has 4 heteroatoms. The first-order chi connectivity index (χ1) is 9.74. The minimum absolute atomic E-state index is 0.0400. The second kappa shape index (κ2) is 5.09. The largest absolute Gasteiger partial charge is 0.437 e. The van der Waals surface area contributed by atoms with Crippen LogP contribution in [0.15, 0.2) is 54.7 Å². The zero-order valence-electron chi connectivity index (χ0n) is 10.9. The maximum atomic E-state index is 11.6. The summed E-state index contributed by atoms with van der Waals surface area (Å²) < 4.78 is 5.64. The number of hydrogen-bond donors (Lipinski definition) is 0. The monoisotopic (exact) mass is 264 g/mol. The summed E-state index contributed by atoms with van der Waals surface area (Å²) in [4.78, 5) is 20.3. The highest BCUT2D eigenvalue weighted by atomic mass is 16.5. The third-order valence-electron chi connectivity index (χ3n) is 2.90. The quantitative estimate of drug-likeness (QED) is 0.678. The van der Waals surface area contributed by atoms with Gasteiger partial charge in [0.2, 0.25) is 5.88 Å². The van der Waals surface area contributed by atoms with E-state index in [1.165, 1.54) is 6.92 Å². The molecule has 0 fully saturated rings. The van der Waals surface area contributed by atoms with Crippen molar-refractivity contribution < 1.29 is 9.53 Å². The van der Waals surface area contributed by atoms with Gasteiger partial charge in [-0.25, -0.2) is 9.97 Å². The molecule has 0 saturated carbocycles. The Morgan fingerprint density at radius 1 is 1.05 bits per heavy atom. The molecule has 0 aliphatic rings. The van der Waals surface area contributed by atoms with Gasteiger partial charge in [-0.1, -0.05) is 24.3 Å². The first-order valence-electron chi connectivity index (χ1n) is 6.23. The first kappa shape index (κ1) is 12.3. The van der Waals surface area contributed by atoms with Gasteiger partial charge in [0.1, 0.15) is 11.3 Å². The first-order valence-corrected chi connectivity index (χ1v) is 6.23. The fraction of sp³-hybridized carbons (Fsp3) is 0.0625. The Morgan fingerprint density at radius 2 is 1.85 bits per heavy atom. The van der Waals surface area contributed by atoms with Crippen LogP contribution < -0.4 is 4.74 Å². The zero-order chi connectivity index (χ0) is 13.9. The van der Waals surface area contributed by atoms with Crippen molar-refractivity contribution in [2.24, 2.45) is 0 Å². The third-order valence-corrected chi connectivity index (χ3v) is 2.90. The molecule has 0 aliphatic carbocycles. The fourth-order valence-corrected chi connectivity index (χ4v) is 1.96. The minimum Gasteiger partial charge on any atom is -0.437 e. The lowest BCUT2D eigenvalue weighted by Gasteiger charge is -2.06. The average Bonchev–Trinajstić information content (AvgIpc) is 2.47. The summed E-state index contributed by atoms with van der Waals surface area (Å²) in [7, 11) is 0. The van der Waals surface area contributed by atoms with Gasteiger partial charge in [-0.15, -0.1) is 0 Å². The van der Waals surface area contributed by atoms with Crippen LogP contribution in [0, 0.1) is 0 Å². The van der Waals surface area contributed by atoms with Crippen molar-refractivity contribution in [2.45, 2.75) is 6.92 Å². The summed E-state index contributed by atoms with van der Waals surface area (Å²) >= 11 is 0. The molecular weight excluding hydrogens is 252 g/mol. The highest BCUT2D eigenvalue weighted by Gasteiger charge is 2.09. The highest BCUT2D eigenvalue weighted by Crippen LogP contribution is 2.22. The lowest BCUT2D eigenvalue weighted by molar-refractivity contribution is 0.101. The molecule has 0 saturated heterocycles. The average molecular weight is 264 g/mol. The molecule has 3 aromatic rings. The maximum Gasteiger partial charge on any atom is 0.238 e. The molecule has 0 aliphatic heterocycles. The number of aromatic nitrogens is 2. The normalized spacial score (nSPS) is 10.4. The van der Waals surface area contributed by atoms with Crippen molar-refractivity contribution in [1.29, 1.82) is 0 Å². The Hall–Kier alpha value is -2.75. The van der Waals surface area contributed by atoms with Gasteiger partial charge in [0.25, 0.3) is 0 Å². The molecule has 98 valence electrons.